The molecule has 3 heteroatoms. The van der Waals surface area contributed by atoms with E-state index >= 15 is 0 Å². The molecule has 1 fully saturated rings. The molecule has 0 aromatic rings. The molecule has 0 spiro atoms. The van der Waals surface area contributed by atoms with E-state index < -0.39 is 12.0 Å². The SMILES string of the molecule is CC(C)(CC[C@@H](N)C(=O)O)C1CC1. The van der Waals surface area contributed by atoms with Gasteiger partial charge in [-0.3, -0.25) is 4.79 Å². The summed E-state index contributed by atoms with van der Waals surface area (Å²) in [5.41, 5.74) is 5.73. The Labute approximate surface area is 79.3 Å². The van der Waals surface area contributed by atoms with Crippen LogP contribution in [0.25, 0.3) is 0 Å². The Hall–Kier alpha value is -0.570. The Morgan fingerprint density at radius 2 is 2.15 bits per heavy atom. The fourth-order valence-electron chi connectivity index (χ4n) is 1.72. The van der Waals surface area contributed by atoms with Gasteiger partial charge in [0, 0.05) is 0 Å². The monoisotopic (exact) mass is 185 g/mol. The van der Waals surface area contributed by atoms with Gasteiger partial charge in [-0.1, -0.05) is 13.8 Å². The molecular weight excluding hydrogens is 166 g/mol. The van der Waals surface area contributed by atoms with E-state index in [-0.39, 0.29) is 5.41 Å². The Kier molecular flexibility index (Phi) is 2.96. The molecule has 0 bridgehead atoms. The summed E-state index contributed by atoms with van der Waals surface area (Å²) >= 11 is 0. The lowest BCUT2D eigenvalue weighted by Gasteiger charge is -2.24. The molecule has 0 heterocycles. The van der Waals surface area contributed by atoms with Crippen LogP contribution in [0.4, 0.5) is 0 Å². The largest absolute Gasteiger partial charge is 0.480 e. The number of aliphatic carboxylic acids is 1. The van der Waals surface area contributed by atoms with Gasteiger partial charge in [0.15, 0.2) is 0 Å². The third-order valence-electron chi connectivity index (χ3n) is 3.10. The van der Waals surface area contributed by atoms with Crippen molar-refractivity contribution in [2.45, 2.75) is 45.6 Å². The fourth-order valence-corrected chi connectivity index (χ4v) is 1.72. The summed E-state index contributed by atoms with van der Waals surface area (Å²) in [5.74, 6) is -0.0832. The van der Waals surface area contributed by atoms with Crippen molar-refractivity contribution in [3.8, 4) is 0 Å². The molecule has 0 aromatic carbocycles. The van der Waals surface area contributed by atoms with Gasteiger partial charge in [0.1, 0.15) is 6.04 Å². The van der Waals surface area contributed by atoms with Crippen LogP contribution in [0.1, 0.15) is 39.5 Å². The van der Waals surface area contributed by atoms with Crippen LogP contribution in [-0.2, 0) is 4.79 Å². The Balaban J connectivity index is 2.28. The van der Waals surface area contributed by atoms with Gasteiger partial charge in [0.2, 0.25) is 0 Å². The van der Waals surface area contributed by atoms with E-state index in [0.717, 1.165) is 12.3 Å². The summed E-state index contributed by atoms with van der Waals surface area (Å²) in [5, 5.41) is 8.61. The topological polar surface area (TPSA) is 63.3 Å². The minimum atomic E-state index is -0.883. The molecular formula is C10H19NO2. The minimum Gasteiger partial charge on any atom is -0.480 e. The molecule has 0 amide bonds. The maximum atomic E-state index is 10.5. The Morgan fingerprint density at radius 1 is 1.62 bits per heavy atom. The predicted molar refractivity (Wildman–Crippen MR) is 51.4 cm³/mol. The molecule has 76 valence electrons. The van der Waals surface area contributed by atoms with Gasteiger partial charge < -0.3 is 10.8 Å². The maximum absolute atomic E-state index is 10.5. The highest BCUT2D eigenvalue weighted by Gasteiger charge is 2.37. The van der Waals surface area contributed by atoms with Crippen LogP contribution in [-0.4, -0.2) is 17.1 Å². The number of rotatable bonds is 5. The Morgan fingerprint density at radius 3 is 2.54 bits per heavy atom. The number of carbonyl (C=O) groups is 1. The second-order valence-corrected chi connectivity index (χ2v) is 4.75. The van der Waals surface area contributed by atoms with Gasteiger partial charge in [-0.25, -0.2) is 0 Å². The number of hydrogen-bond donors (Lipinski definition) is 2. The highest BCUT2D eigenvalue weighted by molar-refractivity contribution is 5.72. The molecule has 3 N–H and O–H groups in total. The van der Waals surface area contributed by atoms with E-state index in [9.17, 15) is 4.79 Å². The normalized spacial score (nSPS) is 19.9. The predicted octanol–water partition coefficient (Wildman–Crippen LogP) is 1.61. The molecule has 1 aliphatic rings. The summed E-state index contributed by atoms with van der Waals surface area (Å²) in [6.45, 7) is 4.42. The summed E-state index contributed by atoms with van der Waals surface area (Å²) in [6, 6.07) is -0.682. The van der Waals surface area contributed by atoms with Crippen molar-refractivity contribution < 1.29 is 9.90 Å². The molecule has 0 aromatic heterocycles. The van der Waals surface area contributed by atoms with E-state index in [1.54, 1.807) is 0 Å². The molecule has 1 aliphatic carbocycles. The maximum Gasteiger partial charge on any atom is 0.320 e. The van der Waals surface area contributed by atoms with Crippen molar-refractivity contribution in [2.24, 2.45) is 17.1 Å². The second-order valence-electron chi connectivity index (χ2n) is 4.75. The first-order valence-electron chi connectivity index (χ1n) is 4.92. The summed E-state index contributed by atoms with van der Waals surface area (Å²) in [6.07, 6.45) is 4.12. The molecule has 1 rings (SSSR count). The Bertz CT molecular complexity index is 197. The lowest BCUT2D eigenvalue weighted by atomic mass is 9.81. The van der Waals surface area contributed by atoms with Crippen LogP contribution in [0.3, 0.4) is 0 Å². The van der Waals surface area contributed by atoms with E-state index in [4.69, 9.17) is 10.8 Å². The lowest BCUT2D eigenvalue weighted by molar-refractivity contribution is -0.138. The van der Waals surface area contributed by atoms with Gasteiger partial charge in [-0.05, 0) is 37.0 Å². The van der Waals surface area contributed by atoms with Crippen LogP contribution >= 0.6 is 0 Å². The number of carboxylic acid groups (broad SMARTS) is 1. The first-order chi connectivity index (χ1) is 5.93. The molecule has 1 atom stereocenters. The minimum absolute atomic E-state index is 0.285. The average Bonchev–Trinajstić information content (AvgIpc) is 2.81. The zero-order valence-corrected chi connectivity index (χ0v) is 8.42. The molecule has 1 saturated carbocycles. The van der Waals surface area contributed by atoms with Gasteiger partial charge in [-0.15, -0.1) is 0 Å². The molecule has 0 unspecified atom stereocenters. The quantitative estimate of drug-likeness (QED) is 0.684. The summed E-state index contributed by atoms with van der Waals surface area (Å²) in [7, 11) is 0. The van der Waals surface area contributed by atoms with Crippen LogP contribution in [0.15, 0.2) is 0 Å². The first-order valence-corrected chi connectivity index (χ1v) is 4.92. The molecule has 0 saturated heterocycles. The molecule has 13 heavy (non-hydrogen) atoms. The van der Waals surface area contributed by atoms with Crippen molar-refractivity contribution in [3.05, 3.63) is 0 Å². The standard InChI is InChI=1S/C10H19NO2/c1-10(2,7-3-4-7)6-5-8(11)9(12)13/h7-8H,3-6,11H2,1-2H3,(H,12,13)/t8-/m1/s1. The van der Waals surface area contributed by atoms with Crippen molar-refractivity contribution >= 4 is 5.97 Å². The smallest absolute Gasteiger partial charge is 0.320 e. The van der Waals surface area contributed by atoms with Crippen LogP contribution in [0.5, 0.6) is 0 Å². The molecule has 3 nitrogen and oxygen atoms in total. The second kappa shape index (κ2) is 3.66. The van der Waals surface area contributed by atoms with Crippen LogP contribution in [0, 0.1) is 11.3 Å². The van der Waals surface area contributed by atoms with Crippen molar-refractivity contribution in [1.29, 1.82) is 0 Å². The third kappa shape index (κ3) is 2.99. The zero-order valence-electron chi connectivity index (χ0n) is 8.42. The summed E-state index contributed by atoms with van der Waals surface area (Å²) in [4.78, 5) is 10.5. The highest BCUT2D eigenvalue weighted by atomic mass is 16.4. The van der Waals surface area contributed by atoms with Gasteiger partial charge in [0.05, 0.1) is 0 Å². The van der Waals surface area contributed by atoms with E-state index in [1.165, 1.54) is 12.8 Å². The van der Waals surface area contributed by atoms with Crippen LogP contribution in [0.2, 0.25) is 0 Å². The van der Waals surface area contributed by atoms with Gasteiger partial charge >= 0.3 is 5.97 Å². The third-order valence-corrected chi connectivity index (χ3v) is 3.10. The average molecular weight is 185 g/mol. The lowest BCUT2D eigenvalue weighted by Crippen LogP contribution is -2.31. The highest BCUT2D eigenvalue weighted by Crippen LogP contribution is 2.47. The van der Waals surface area contributed by atoms with Crippen molar-refractivity contribution in [3.63, 3.8) is 0 Å². The number of carboxylic acids is 1. The van der Waals surface area contributed by atoms with Crippen LogP contribution < -0.4 is 5.73 Å². The van der Waals surface area contributed by atoms with Crippen molar-refractivity contribution in [2.75, 3.05) is 0 Å². The van der Waals surface area contributed by atoms with E-state index in [1.807, 2.05) is 0 Å². The first kappa shape index (κ1) is 10.5. The zero-order chi connectivity index (χ0) is 10.1. The van der Waals surface area contributed by atoms with Crippen molar-refractivity contribution in [1.82, 2.24) is 0 Å². The van der Waals surface area contributed by atoms with Gasteiger partial charge in [0.25, 0.3) is 0 Å². The van der Waals surface area contributed by atoms with E-state index in [0.29, 0.717) is 6.42 Å². The molecule has 0 aliphatic heterocycles. The fraction of sp³-hybridized carbons (Fsp3) is 0.900. The van der Waals surface area contributed by atoms with Gasteiger partial charge in [-0.2, -0.15) is 0 Å². The molecule has 0 radical (unpaired) electrons. The number of hydrogen-bond acceptors (Lipinski definition) is 2. The number of nitrogens with two attached hydrogens (primary N) is 1. The summed E-state index contributed by atoms with van der Waals surface area (Å²) < 4.78 is 0. The van der Waals surface area contributed by atoms with E-state index in [2.05, 4.69) is 13.8 Å².